The molecule has 0 aromatic carbocycles. The second kappa shape index (κ2) is 22.1. The fraction of sp³-hybridized carbons (Fsp3) is 1.00. The Morgan fingerprint density at radius 3 is 1.07 bits per heavy atom. The van der Waals surface area contributed by atoms with Crippen molar-refractivity contribution in [3.8, 4) is 0 Å². The minimum atomic E-state index is -3.38. The van der Waals surface area contributed by atoms with E-state index in [9.17, 15) is 4.57 Å². The molecule has 0 aromatic rings. The van der Waals surface area contributed by atoms with Crippen molar-refractivity contribution >= 4 is 50.0 Å². The molecule has 0 aliphatic heterocycles. The monoisotopic (exact) mass is 552 g/mol. The number of unbranched alkanes of at least 4 members (excludes halogenated alkanes) is 14. The molecular weight excluding hydrogens is 514 g/mol. The van der Waals surface area contributed by atoms with Gasteiger partial charge in [-0.1, -0.05) is 109 Å². The van der Waals surface area contributed by atoms with Gasteiger partial charge in [-0.05, 0) is 25.7 Å². The standard InChI is InChI=1S/C20H40Br2ClO3P/c21-17-13-9-5-1-3-7-11-15-19-25-27(23,24)26-20-16-12-8-4-2-6-10-14-18-22/h1-20H2. The lowest BCUT2D eigenvalue weighted by atomic mass is 10.1. The van der Waals surface area contributed by atoms with E-state index in [0.717, 1.165) is 36.3 Å². The summed E-state index contributed by atoms with van der Waals surface area (Å²) in [5, 5.41) is 2.23. The smallest absolute Gasteiger partial charge is 0.297 e. The molecule has 0 heterocycles. The SMILES string of the molecule is O=P(Cl)(OCCCCCCCCCCBr)OCCCCCCCCCCBr. The van der Waals surface area contributed by atoms with Gasteiger partial charge in [-0.2, -0.15) is 0 Å². The zero-order valence-electron chi connectivity index (χ0n) is 16.9. The number of alkyl halides is 2. The Balaban J connectivity index is 3.32. The molecule has 27 heavy (non-hydrogen) atoms. The zero-order chi connectivity index (χ0) is 20.1. The average Bonchev–Trinajstić information content (AvgIpc) is 2.64. The van der Waals surface area contributed by atoms with Gasteiger partial charge in [-0.3, -0.25) is 9.05 Å². The molecule has 0 unspecified atom stereocenters. The lowest BCUT2D eigenvalue weighted by Crippen LogP contribution is -1.96. The number of hydrogen-bond donors (Lipinski definition) is 0. The molecule has 164 valence electrons. The third-order valence-corrected chi connectivity index (χ3v) is 7.24. The Labute approximate surface area is 189 Å². The maximum Gasteiger partial charge on any atom is 0.424 e. The van der Waals surface area contributed by atoms with Crippen LogP contribution >= 0.6 is 50.0 Å². The molecular formula is C20H40Br2ClO3P. The average molecular weight is 555 g/mol. The molecule has 0 atom stereocenters. The minimum Gasteiger partial charge on any atom is -0.297 e. The van der Waals surface area contributed by atoms with E-state index >= 15 is 0 Å². The molecule has 0 saturated carbocycles. The van der Waals surface area contributed by atoms with Crippen molar-refractivity contribution in [3.05, 3.63) is 0 Å². The highest BCUT2D eigenvalue weighted by atomic mass is 79.9. The van der Waals surface area contributed by atoms with Crippen molar-refractivity contribution in [2.75, 3.05) is 23.9 Å². The van der Waals surface area contributed by atoms with Crippen LogP contribution < -0.4 is 0 Å². The maximum atomic E-state index is 12.0. The molecule has 7 heteroatoms. The van der Waals surface area contributed by atoms with Gasteiger partial charge >= 0.3 is 6.95 Å². The maximum absolute atomic E-state index is 12.0. The van der Waals surface area contributed by atoms with Gasteiger partial charge in [0.05, 0.1) is 13.2 Å². The molecule has 0 fully saturated rings. The fourth-order valence-corrected chi connectivity index (χ4v) is 4.87. The summed E-state index contributed by atoms with van der Waals surface area (Å²) in [4.78, 5) is 0. The van der Waals surface area contributed by atoms with Crippen molar-refractivity contribution in [3.63, 3.8) is 0 Å². The number of rotatable bonds is 22. The van der Waals surface area contributed by atoms with E-state index in [-0.39, 0.29) is 0 Å². The first-order chi connectivity index (χ1) is 13.1. The van der Waals surface area contributed by atoms with Crippen LogP contribution in [0.4, 0.5) is 0 Å². The van der Waals surface area contributed by atoms with Crippen LogP contribution in [0.3, 0.4) is 0 Å². The van der Waals surface area contributed by atoms with Gasteiger partial charge in [0.25, 0.3) is 0 Å². The van der Waals surface area contributed by atoms with Gasteiger partial charge in [0.15, 0.2) is 0 Å². The summed E-state index contributed by atoms with van der Waals surface area (Å²) in [6, 6.07) is 0. The molecule has 0 radical (unpaired) electrons. The Kier molecular flexibility index (Phi) is 23.2. The van der Waals surface area contributed by atoms with Crippen LogP contribution in [-0.4, -0.2) is 23.9 Å². The summed E-state index contributed by atoms with van der Waals surface area (Å²) >= 11 is 12.8. The molecule has 0 amide bonds. The van der Waals surface area contributed by atoms with Crippen molar-refractivity contribution in [2.24, 2.45) is 0 Å². The summed E-state index contributed by atoms with van der Waals surface area (Å²) in [6.07, 6.45) is 19.4. The quantitative estimate of drug-likeness (QED) is 0.0760. The van der Waals surface area contributed by atoms with E-state index in [1.807, 2.05) is 0 Å². The topological polar surface area (TPSA) is 35.5 Å². The molecule has 0 N–H and O–H groups in total. The predicted octanol–water partition coefficient (Wildman–Crippen LogP) is 9.40. The van der Waals surface area contributed by atoms with Crippen LogP contribution in [0.2, 0.25) is 0 Å². The van der Waals surface area contributed by atoms with Gasteiger partial charge in [0.1, 0.15) is 0 Å². The lowest BCUT2D eigenvalue weighted by molar-refractivity contribution is 0.211. The molecule has 0 saturated heterocycles. The number of hydrogen-bond acceptors (Lipinski definition) is 3. The minimum absolute atomic E-state index is 0.429. The summed E-state index contributed by atoms with van der Waals surface area (Å²) < 4.78 is 22.5. The first-order valence-corrected chi connectivity index (χ1v) is 15.5. The second-order valence-electron chi connectivity index (χ2n) is 7.13. The highest BCUT2D eigenvalue weighted by Crippen LogP contribution is 2.53. The van der Waals surface area contributed by atoms with E-state index in [0.29, 0.717) is 13.2 Å². The Bertz CT molecular complexity index is 321. The highest BCUT2D eigenvalue weighted by Gasteiger charge is 2.19. The Morgan fingerprint density at radius 2 is 0.778 bits per heavy atom. The van der Waals surface area contributed by atoms with Crippen molar-refractivity contribution in [2.45, 2.75) is 103 Å². The predicted molar refractivity (Wildman–Crippen MR) is 127 cm³/mol. The Morgan fingerprint density at radius 1 is 0.519 bits per heavy atom. The van der Waals surface area contributed by atoms with Crippen molar-refractivity contribution in [1.29, 1.82) is 0 Å². The molecule has 3 nitrogen and oxygen atoms in total. The largest absolute Gasteiger partial charge is 0.424 e. The van der Waals surface area contributed by atoms with Crippen LogP contribution in [0, 0.1) is 0 Å². The summed E-state index contributed by atoms with van der Waals surface area (Å²) in [5.41, 5.74) is 0. The van der Waals surface area contributed by atoms with E-state index in [2.05, 4.69) is 31.9 Å². The van der Waals surface area contributed by atoms with Gasteiger partial charge in [0.2, 0.25) is 0 Å². The van der Waals surface area contributed by atoms with Gasteiger partial charge < -0.3 is 0 Å². The van der Waals surface area contributed by atoms with Gasteiger partial charge in [-0.25, -0.2) is 4.57 Å². The van der Waals surface area contributed by atoms with E-state index in [1.54, 1.807) is 0 Å². The van der Waals surface area contributed by atoms with Gasteiger partial charge in [0, 0.05) is 21.9 Å². The highest BCUT2D eigenvalue weighted by molar-refractivity contribution is 9.09. The third-order valence-electron chi connectivity index (χ3n) is 4.55. The molecule has 0 aliphatic carbocycles. The van der Waals surface area contributed by atoms with Gasteiger partial charge in [-0.15, -0.1) is 0 Å². The molecule has 0 spiro atoms. The molecule has 0 aliphatic rings. The van der Waals surface area contributed by atoms with Crippen LogP contribution in [0.15, 0.2) is 0 Å². The lowest BCUT2D eigenvalue weighted by Gasteiger charge is -2.11. The van der Waals surface area contributed by atoms with E-state index in [1.165, 1.54) is 77.0 Å². The molecule has 0 aromatic heterocycles. The van der Waals surface area contributed by atoms with Crippen LogP contribution in [0.25, 0.3) is 0 Å². The summed E-state index contributed by atoms with van der Waals surface area (Å²) in [6.45, 7) is -2.52. The third kappa shape index (κ3) is 23.5. The fourth-order valence-electron chi connectivity index (χ4n) is 2.90. The Hall–Kier alpha value is 1.40. The van der Waals surface area contributed by atoms with E-state index < -0.39 is 6.95 Å². The summed E-state index contributed by atoms with van der Waals surface area (Å²) in [5.74, 6) is 0. The van der Waals surface area contributed by atoms with Crippen molar-refractivity contribution in [1.82, 2.24) is 0 Å². The molecule has 0 rings (SSSR count). The zero-order valence-corrected chi connectivity index (χ0v) is 21.8. The summed E-state index contributed by atoms with van der Waals surface area (Å²) in [7, 11) is 0. The first kappa shape index (κ1) is 28.4. The van der Waals surface area contributed by atoms with Crippen LogP contribution in [0.1, 0.15) is 103 Å². The number of halogens is 3. The normalized spacial score (nSPS) is 12.0. The van der Waals surface area contributed by atoms with Crippen molar-refractivity contribution < 1.29 is 13.6 Å². The second-order valence-corrected chi connectivity index (χ2v) is 11.3. The first-order valence-electron chi connectivity index (χ1n) is 10.8. The van der Waals surface area contributed by atoms with E-state index in [4.69, 9.17) is 20.3 Å². The van der Waals surface area contributed by atoms with Crippen LogP contribution in [0.5, 0.6) is 0 Å². The van der Waals surface area contributed by atoms with Crippen LogP contribution in [-0.2, 0) is 13.6 Å². The molecule has 0 bridgehead atoms.